The number of hydrogen-bond donors (Lipinski definition) is 0. The number of fused-ring (bicyclic) bond motifs is 24. The summed E-state index contributed by atoms with van der Waals surface area (Å²) in [6.07, 6.45) is 0. The van der Waals surface area contributed by atoms with Gasteiger partial charge in [-0.25, -0.2) is 0 Å². The summed E-state index contributed by atoms with van der Waals surface area (Å²) < 4.78 is 6.76. The Kier molecular flexibility index (Phi) is 7.90. The molecule has 0 aliphatic heterocycles. The number of anilines is 3. The molecule has 2 spiro atoms. The largest absolute Gasteiger partial charge is 0.456 e. The molecule has 0 saturated heterocycles. The van der Waals surface area contributed by atoms with Crippen molar-refractivity contribution < 1.29 is 4.42 Å². The third-order valence-corrected chi connectivity index (χ3v) is 17.3. The first kappa shape index (κ1) is 40.1. The normalized spacial score (nSPS) is 14.2. The van der Waals surface area contributed by atoms with Gasteiger partial charge in [0.2, 0.25) is 0 Å². The summed E-state index contributed by atoms with van der Waals surface area (Å²) in [7, 11) is 0. The molecule has 2 nitrogen and oxygen atoms in total. The predicted molar refractivity (Wildman–Crippen MR) is 304 cm³/mol. The van der Waals surface area contributed by atoms with Crippen LogP contribution in [0.5, 0.6) is 0 Å². The van der Waals surface area contributed by atoms with Gasteiger partial charge in [0, 0.05) is 27.7 Å². The van der Waals surface area contributed by atoms with Crippen LogP contribution in [0.1, 0.15) is 44.5 Å². The zero-order valence-electron chi connectivity index (χ0n) is 40.2. The Labute approximate surface area is 428 Å². The van der Waals surface area contributed by atoms with Crippen LogP contribution in [0.3, 0.4) is 0 Å². The van der Waals surface area contributed by atoms with Gasteiger partial charge in [0.25, 0.3) is 0 Å². The number of benzene rings is 12. The molecule has 13 aromatic rings. The van der Waals surface area contributed by atoms with Gasteiger partial charge in [0.05, 0.1) is 16.5 Å². The molecule has 12 aromatic carbocycles. The molecule has 0 saturated carbocycles. The average Bonchev–Trinajstić information content (AvgIpc) is 4.38. The first-order chi connectivity index (χ1) is 36.7. The molecule has 0 amide bonds. The summed E-state index contributed by atoms with van der Waals surface area (Å²) in [5.41, 5.74) is 27.2. The highest BCUT2D eigenvalue weighted by molar-refractivity contribution is 6.17. The number of rotatable bonds is 4. The fraction of sp³-hybridized carbons (Fsp3) is 0.0278. The summed E-state index contributed by atoms with van der Waals surface area (Å²) in [6, 6.07) is 97.9. The predicted octanol–water partition coefficient (Wildman–Crippen LogP) is 18.6. The van der Waals surface area contributed by atoms with E-state index in [1.807, 2.05) is 0 Å². The Morgan fingerprint density at radius 1 is 0.257 bits per heavy atom. The summed E-state index contributed by atoms with van der Waals surface area (Å²) in [4.78, 5) is 2.55. The van der Waals surface area contributed by atoms with Crippen LogP contribution < -0.4 is 4.90 Å². The molecule has 17 rings (SSSR count). The van der Waals surface area contributed by atoms with Gasteiger partial charge in [-0.15, -0.1) is 0 Å². The van der Waals surface area contributed by atoms with Crippen LogP contribution in [-0.4, -0.2) is 0 Å². The lowest BCUT2D eigenvalue weighted by molar-refractivity contribution is 0.669. The highest BCUT2D eigenvalue weighted by Gasteiger charge is 2.53. The maximum Gasteiger partial charge on any atom is 0.136 e. The van der Waals surface area contributed by atoms with Gasteiger partial charge in [-0.05, 0) is 154 Å². The van der Waals surface area contributed by atoms with E-state index in [0.717, 1.165) is 50.1 Å². The second-order valence-corrected chi connectivity index (χ2v) is 20.6. The number of para-hydroxylation sites is 1. The highest BCUT2D eigenvalue weighted by atomic mass is 16.3. The van der Waals surface area contributed by atoms with Gasteiger partial charge in [-0.2, -0.15) is 0 Å². The Hall–Kier alpha value is -9.50. The molecule has 2 heteroatoms. The van der Waals surface area contributed by atoms with E-state index in [1.54, 1.807) is 0 Å². The molecule has 0 radical (unpaired) electrons. The number of nitrogens with zero attached hydrogens (tertiary/aromatic N) is 1. The zero-order chi connectivity index (χ0) is 48.3. The molecule has 0 unspecified atom stereocenters. The van der Waals surface area contributed by atoms with Crippen molar-refractivity contribution >= 4 is 49.8 Å². The maximum atomic E-state index is 6.76. The van der Waals surface area contributed by atoms with Crippen LogP contribution in [0.25, 0.3) is 88.3 Å². The van der Waals surface area contributed by atoms with Crippen molar-refractivity contribution in [2.75, 3.05) is 4.90 Å². The SMILES string of the molecule is c1ccc(N(c2ccc3c(c2)C2(c4ccccc4-c4ccccc42)c2ccccc2-3)c2ccc3c(c2)C2(c4ccccc4-c4ccccc42)c2ccccc2-3)c(-c2cccc3oc4cc5ccccc5cc4c23)c1. The van der Waals surface area contributed by atoms with Gasteiger partial charge in [0.15, 0.2) is 0 Å². The first-order valence-electron chi connectivity index (χ1n) is 25.8. The molecule has 1 aromatic heterocycles. The lowest BCUT2D eigenvalue weighted by Gasteiger charge is -2.34. The van der Waals surface area contributed by atoms with Crippen LogP contribution in [0.15, 0.2) is 265 Å². The van der Waals surface area contributed by atoms with Crippen molar-refractivity contribution in [3.05, 3.63) is 305 Å². The average molecular weight is 938 g/mol. The third-order valence-electron chi connectivity index (χ3n) is 17.3. The number of hydrogen-bond acceptors (Lipinski definition) is 2. The number of furan rings is 1. The molecule has 74 heavy (non-hydrogen) atoms. The van der Waals surface area contributed by atoms with Crippen LogP contribution in [0, 0.1) is 0 Å². The second kappa shape index (κ2) is 14.6. The molecule has 0 N–H and O–H groups in total. The van der Waals surface area contributed by atoms with Gasteiger partial charge in [-0.1, -0.05) is 212 Å². The van der Waals surface area contributed by atoms with E-state index < -0.39 is 10.8 Å². The Balaban J connectivity index is 0.967. The molecular formula is C72H43NO. The molecule has 0 fully saturated rings. The molecule has 4 aliphatic rings. The van der Waals surface area contributed by atoms with Crippen molar-refractivity contribution in [2.24, 2.45) is 0 Å². The topological polar surface area (TPSA) is 16.4 Å². The lowest BCUT2D eigenvalue weighted by atomic mass is 9.70. The van der Waals surface area contributed by atoms with E-state index in [0.29, 0.717) is 0 Å². The van der Waals surface area contributed by atoms with Gasteiger partial charge >= 0.3 is 0 Å². The summed E-state index contributed by atoms with van der Waals surface area (Å²) in [6.45, 7) is 0. The van der Waals surface area contributed by atoms with Gasteiger partial charge in [-0.3, -0.25) is 0 Å². The van der Waals surface area contributed by atoms with Crippen LogP contribution >= 0.6 is 0 Å². The van der Waals surface area contributed by atoms with Gasteiger partial charge in [0.1, 0.15) is 11.2 Å². The lowest BCUT2D eigenvalue weighted by Crippen LogP contribution is -2.26. The molecule has 342 valence electrons. The highest BCUT2D eigenvalue weighted by Crippen LogP contribution is 2.65. The smallest absolute Gasteiger partial charge is 0.136 e. The fourth-order valence-electron chi connectivity index (χ4n) is 14.5. The maximum absolute atomic E-state index is 6.76. The van der Waals surface area contributed by atoms with Crippen LogP contribution in [0.4, 0.5) is 17.1 Å². The van der Waals surface area contributed by atoms with E-state index in [-0.39, 0.29) is 0 Å². The summed E-state index contributed by atoms with van der Waals surface area (Å²) in [5.74, 6) is 0. The minimum atomic E-state index is -0.509. The Bertz CT molecular complexity index is 4270. The first-order valence-corrected chi connectivity index (χ1v) is 25.8. The summed E-state index contributed by atoms with van der Waals surface area (Å²) in [5, 5.41) is 4.59. The Morgan fingerprint density at radius 3 is 1.08 bits per heavy atom. The quantitative estimate of drug-likeness (QED) is 0.175. The van der Waals surface area contributed by atoms with Crippen LogP contribution in [0.2, 0.25) is 0 Å². The van der Waals surface area contributed by atoms with Crippen LogP contribution in [-0.2, 0) is 10.8 Å². The molecule has 0 bridgehead atoms. The van der Waals surface area contributed by atoms with Crippen molar-refractivity contribution in [1.29, 1.82) is 0 Å². The van der Waals surface area contributed by atoms with Crippen molar-refractivity contribution in [1.82, 2.24) is 0 Å². The fourth-order valence-corrected chi connectivity index (χ4v) is 14.5. The van der Waals surface area contributed by atoms with E-state index in [2.05, 4.69) is 266 Å². The minimum Gasteiger partial charge on any atom is -0.456 e. The zero-order valence-corrected chi connectivity index (χ0v) is 40.2. The van der Waals surface area contributed by atoms with Crippen molar-refractivity contribution in [2.45, 2.75) is 10.8 Å². The third kappa shape index (κ3) is 4.95. The second-order valence-electron chi connectivity index (χ2n) is 20.6. The molecular weight excluding hydrogens is 895 g/mol. The minimum absolute atomic E-state index is 0.509. The standard InChI is InChI=1S/C72H43NO/c1-2-19-45-41-69-58(40-44(45)18-1)70-57(27-17-35-68(70)74-69)56-26-9-16-34-67(56)73(46-36-38-54-52-24-7-14-32-63(52)71(65(54)42-46)59-28-10-3-20-48(59)49-21-4-11-29-60(49)71)47-37-39-55-53-25-8-15-33-64(53)72(66(55)43-47)61-30-12-5-22-50(61)51-23-6-13-31-62(51)72/h1-43H. The van der Waals surface area contributed by atoms with E-state index in [1.165, 1.54) is 99.8 Å². The van der Waals surface area contributed by atoms with Crippen molar-refractivity contribution in [3.8, 4) is 55.6 Å². The summed E-state index contributed by atoms with van der Waals surface area (Å²) >= 11 is 0. The van der Waals surface area contributed by atoms with E-state index >= 15 is 0 Å². The van der Waals surface area contributed by atoms with Crippen molar-refractivity contribution in [3.63, 3.8) is 0 Å². The molecule has 1 heterocycles. The van der Waals surface area contributed by atoms with E-state index in [4.69, 9.17) is 4.42 Å². The van der Waals surface area contributed by atoms with E-state index in [9.17, 15) is 0 Å². The molecule has 4 aliphatic carbocycles. The van der Waals surface area contributed by atoms with Gasteiger partial charge < -0.3 is 9.32 Å². The molecule has 0 atom stereocenters. The Morgan fingerprint density at radius 2 is 0.622 bits per heavy atom. The monoisotopic (exact) mass is 937 g/mol.